The van der Waals surface area contributed by atoms with Crippen molar-refractivity contribution >= 4 is 40.6 Å². The van der Waals surface area contributed by atoms with Crippen molar-refractivity contribution in [3.63, 3.8) is 0 Å². The van der Waals surface area contributed by atoms with Crippen LogP contribution in [0, 0.1) is 0 Å². The number of nitrogens with two attached hydrogens (primary N) is 1. The molecule has 0 spiro atoms. The first kappa shape index (κ1) is 11.8. The average molecular weight is 189 g/mol. The molecule has 2 N–H and O–H groups in total. The third-order valence-electron chi connectivity index (χ3n) is 1.95. The van der Waals surface area contributed by atoms with Gasteiger partial charge in [-0.15, -0.1) is 5.47 Å². The molecular formula is C11H10B3N. The molecule has 0 aromatic heterocycles. The molecule has 68 valence electrons. The monoisotopic (exact) mass is 189 g/mol. The Kier molecular flexibility index (Phi) is 3.90. The lowest BCUT2D eigenvalue weighted by Gasteiger charge is -2.09. The maximum Gasteiger partial charge on any atom is 0.116 e. The van der Waals surface area contributed by atoms with Gasteiger partial charge >= 0.3 is 0 Å². The van der Waals surface area contributed by atoms with Gasteiger partial charge in [0, 0.05) is 0 Å². The van der Waals surface area contributed by atoms with Gasteiger partial charge in [0.1, 0.15) is 23.5 Å². The fourth-order valence-corrected chi connectivity index (χ4v) is 1.28. The van der Waals surface area contributed by atoms with E-state index < -0.39 is 0 Å². The van der Waals surface area contributed by atoms with E-state index in [9.17, 15) is 0 Å². The van der Waals surface area contributed by atoms with E-state index in [0.29, 0.717) is 16.4 Å². The average Bonchev–Trinajstić information content (AvgIpc) is 2.19. The highest BCUT2D eigenvalue weighted by Gasteiger charge is 2.01. The second-order valence-electron chi connectivity index (χ2n) is 3.36. The van der Waals surface area contributed by atoms with Crippen molar-refractivity contribution in [2.24, 2.45) is 5.73 Å². The van der Waals surface area contributed by atoms with Crippen molar-refractivity contribution in [3.8, 4) is 0 Å². The zero-order valence-electron chi connectivity index (χ0n) is 8.70. The fourth-order valence-electron chi connectivity index (χ4n) is 1.28. The summed E-state index contributed by atoms with van der Waals surface area (Å²) in [6.45, 7) is 1.81. The van der Waals surface area contributed by atoms with E-state index >= 15 is 0 Å². The molecule has 15 heavy (non-hydrogen) atoms. The minimum atomic E-state index is 0.481. The molecule has 0 aliphatic rings. The lowest BCUT2D eigenvalue weighted by molar-refractivity contribution is 1.56. The summed E-state index contributed by atoms with van der Waals surface area (Å²) in [6.07, 6.45) is 3.17. The van der Waals surface area contributed by atoms with Crippen molar-refractivity contribution in [1.29, 1.82) is 0 Å². The highest BCUT2D eigenvalue weighted by atomic mass is 14.5. The first-order chi connectivity index (χ1) is 7.04. The Balaban J connectivity index is 3.33. The van der Waals surface area contributed by atoms with Crippen LogP contribution in [0.4, 0.5) is 0 Å². The maximum atomic E-state index is 5.75. The second-order valence-corrected chi connectivity index (χ2v) is 3.36. The van der Waals surface area contributed by atoms with E-state index in [1.54, 1.807) is 12.1 Å². The summed E-state index contributed by atoms with van der Waals surface area (Å²) < 4.78 is 0. The van der Waals surface area contributed by atoms with Gasteiger partial charge in [-0.05, 0) is 17.3 Å². The number of benzene rings is 1. The molecule has 0 saturated heterocycles. The van der Waals surface area contributed by atoms with Crippen LogP contribution in [-0.2, 0) is 0 Å². The normalized spacial score (nSPS) is 12.9. The van der Waals surface area contributed by atoms with Crippen LogP contribution in [0.3, 0.4) is 0 Å². The van der Waals surface area contributed by atoms with Crippen LogP contribution in [-0.4, -0.2) is 23.5 Å². The third-order valence-corrected chi connectivity index (χ3v) is 1.95. The minimum absolute atomic E-state index is 0.481. The molecule has 0 bridgehead atoms. The first-order valence-electron chi connectivity index (χ1n) is 4.55. The predicted octanol–water partition coefficient (Wildman–Crippen LogP) is 0.435. The minimum Gasteiger partial charge on any atom is -0.405 e. The largest absolute Gasteiger partial charge is 0.405 e. The number of rotatable bonds is 2. The van der Waals surface area contributed by atoms with Gasteiger partial charge in [-0.25, -0.2) is 0 Å². The molecule has 1 aromatic rings. The highest BCUT2D eigenvalue weighted by Crippen LogP contribution is 2.17. The van der Waals surface area contributed by atoms with Crippen molar-refractivity contribution in [3.05, 3.63) is 41.0 Å². The Labute approximate surface area is 94.7 Å². The molecule has 6 radical (unpaired) electrons. The predicted molar refractivity (Wildman–Crippen MR) is 69.2 cm³/mol. The fraction of sp³-hybridized carbons (Fsp3) is 0.0909. The summed E-state index contributed by atoms with van der Waals surface area (Å²) in [6, 6.07) is 5.42. The molecule has 1 aromatic carbocycles. The van der Waals surface area contributed by atoms with Crippen LogP contribution < -0.4 is 11.2 Å². The van der Waals surface area contributed by atoms with Crippen LogP contribution in [0.1, 0.15) is 18.1 Å². The van der Waals surface area contributed by atoms with Gasteiger partial charge in [0.2, 0.25) is 0 Å². The topological polar surface area (TPSA) is 26.0 Å². The summed E-state index contributed by atoms with van der Waals surface area (Å²) in [4.78, 5) is 0. The van der Waals surface area contributed by atoms with Crippen molar-refractivity contribution < 1.29 is 0 Å². The van der Waals surface area contributed by atoms with Crippen LogP contribution in [0.15, 0.2) is 29.9 Å². The van der Waals surface area contributed by atoms with Crippen LogP contribution >= 0.6 is 0 Å². The molecule has 0 aliphatic carbocycles. The zero-order chi connectivity index (χ0) is 11.4. The molecule has 0 atom stereocenters. The summed E-state index contributed by atoms with van der Waals surface area (Å²) >= 11 is 0. The summed E-state index contributed by atoms with van der Waals surface area (Å²) in [5.41, 5.74) is 8.90. The van der Waals surface area contributed by atoms with E-state index in [2.05, 4.69) is 0 Å². The smallest absolute Gasteiger partial charge is 0.116 e. The van der Waals surface area contributed by atoms with Gasteiger partial charge in [-0.1, -0.05) is 42.1 Å². The molecule has 0 heterocycles. The summed E-state index contributed by atoms with van der Waals surface area (Å²) in [7, 11) is 17.0. The standard InChI is InChI=1S/C11H10B3N/c1-7(12)4-8-2-3-9(13)5-10(8)11(14)6-15/h2-6H,15H2,1H3/b7-4+,11-6-. The van der Waals surface area contributed by atoms with Crippen molar-refractivity contribution in [2.45, 2.75) is 6.92 Å². The molecule has 0 saturated carbocycles. The molecular weight excluding hydrogens is 179 g/mol. The molecule has 0 amide bonds. The van der Waals surface area contributed by atoms with E-state index in [1.807, 2.05) is 19.1 Å². The van der Waals surface area contributed by atoms with Gasteiger partial charge < -0.3 is 5.73 Å². The van der Waals surface area contributed by atoms with Gasteiger partial charge in [-0.3, -0.25) is 0 Å². The van der Waals surface area contributed by atoms with E-state index in [0.717, 1.165) is 11.1 Å². The summed E-state index contributed by atoms with van der Waals surface area (Å²) in [5, 5.41) is 0. The van der Waals surface area contributed by atoms with Crippen molar-refractivity contribution in [1.82, 2.24) is 0 Å². The van der Waals surface area contributed by atoms with E-state index in [4.69, 9.17) is 29.3 Å². The van der Waals surface area contributed by atoms with Crippen molar-refractivity contribution in [2.75, 3.05) is 0 Å². The molecule has 1 rings (SSSR count). The Bertz CT molecular complexity index is 418. The zero-order valence-corrected chi connectivity index (χ0v) is 8.70. The van der Waals surface area contributed by atoms with Crippen LogP contribution in [0.25, 0.3) is 11.5 Å². The first-order valence-corrected chi connectivity index (χ1v) is 4.55. The lowest BCUT2D eigenvalue weighted by atomic mass is 9.81. The maximum absolute atomic E-state index is 5.75. The molecule has 0 fully saturated rings. The lowest BCUT2D eigenvalue weighted by Crippen LogP contribution is -2.05. The van der Waals surface area contributed by atoms with E-state index in [-0.39, 0.29) is 0 Å². The molecule has 4 heteroatoms. The van der Waals surface area contributed by atoms with Crippen LogP contribution in [0.2, 0.25) is 0 Å². The van der Waals surface area contributed by atoms with E-state index in [1.165, 1.54) is 6.20 Å². The Morgan fingerprint density at radius 2 is 2.00 bits per heavy atom. The SMILES string of the molecule is [B]/C(C)=C/c1ccc([B])cc1/C([B])=C/N. The molecule has 0 aliphatic heterocycles. The van der Waals surface area contributed by atoms with Gasteiger partial charge in [0.15, 0.2) is 0 Å². The number of hydrogen-bond acceptors (Lipinski definition) is 1. The number of hydrogen-bond donors (Lipinski definition) is 1. The third kappa shape index (κ3) is 3.09. The quantitative estimate of drug-likeness (QED) is 0.670. The Morgan fingerprint density at radius 1 is 1.33 bits per heavy atom. The molecule has 1 nitrogen and oxygen atoms in total. The highest BCUT2D eigenvalue weighted by molar-refractivity contribution is 6.43. The molecule has 0 unspecified atom stereocenters. The van der Waals surface area contributed by atoms with Gasteiger partial charge in [0.25, 0.3) is 0 Å². The Hall–Kier alpha value is -1.31. The second kappa shape index (κ2) is 4.97. The van der Waals surface area contributed by atoms with Gasteiger partial charge in [-0.2, -0.15) is 0 Å². The Morgan fingerprint density at radius 3 is 2.53 bits per heavy atom. The number of allylic oxidation sites excluding steroid dienone is 1. The summed E-state index contributed by atoms with van der Waals surface area (Å²) in [5.74, 6) is 0. The van der Waals surface area contributed by atoms with Gasteiger partial charge in [0.05, 0.1) is 0 Å². The van der Waals surface area contributed by atoms with Crippen LogP contribution in [0.5, 0.6) is 0 Å².